The van der Waals surface area contributed by atoms with Gasteiger partial charge in [0.1, 0.15) is 12.7 Å². The van der Waals surface area contributed by atoms with Crippen LogP contribution < -0.4 is 10.1 Å². The quantitative estimate of drug-likeness (QED) is 0.493. The van der Waals surface area contributed by atoms with Gasteiger partial charge in [0.05, 0.1) is 24.3 Å². The molecule has 0 saturated heterocycles. The Morgan fingerprint density at radius 3 is 2.68 bits per heavy atom. The summed E-state index contributed by atoms with van der Waals surface area (Å²) in [5.41, 5.74) is 3.33. The smallest absolute Gasteiger partial charge is 0.350 e. The molecule has 0 aliphatic heterocycles. The first kappa shape index (κ1) is 19.1. The standard InChI is InChI=1S/C18H20N6O4/c1-12-7-13(2)23(20-12)9-14-5-4-6-15(8-14)19-17(25)11-22-10-16(24(26)27)18(21-22)28-3/h4-8,10H,9,11H2,1-3H3,(H,19,25). The molecular weight excluding hydrogens is 364 g/mol. The predicted molar refractivity (Wildman–Crippen MR) is 101 cm³/mol. The Labute approximate surface area is 160 Å². The molecule has 0 bridgehead atoms. The van der Waals surface area contributed by atoms with Crippen LogP contribution in [-0.2, 0) is 17.9 Å². The van der Waals surface area contributed by atoms with Crippen molar-refractivity contribution >= 4 is 17.3 Å². The molecule has 0 radical (unpaired) electrons. The molecule has 10 heteroatoms. The number of ether oxygens (including phenoxy) is 1. The highest BCUT2D eigenvalue weighted by atomic mass is 16.6. The Morgan fingerprint density at radius 1 is 1.29 bits per heavy atom. The van der Waals surface area contributed by atoms with Crippen LogP contribution in [0.4, 0.5) is 11.4 Å². The van der Waals surface area contributed by atoms with Crippen LogP contribution in [-0.4, -0.2) is 37.5 Å². The van der Waals surface area contributed by atoms with Crippen molar-refractivity contribution in [2.45, 2.75) is 26.9 Å². The van der Waals surface area contributed by atoms with Crippen LogP contribution in [0, 0.1) is 24.0 Å². The molecule has 0 saturated carbocycles. The number of carbonyl (C=O) groups is 1. The number of anilines is 1. The fourth-order valence-electron chi connectivity index (χ4n) is 2.85. The number of aryl methyl sites for hydroxylation is 2. The molecule has 2 heterocycles. The molecule has 0 atom stereocenters. The van der Waals surface area contributed by atoms with Gasteiger partial charge in [0.2, 0.25) is 5.91 Å². The lowest BCUT2D eigenvalue weighted by atomic mass is 10.2. The summed E-state index contributed by atoms with van der Waals surface area (Å²) in [6.45, 7) is 4.34. The number of rotatable bonds is 7. The molecule has 0 aliphatic rings. The topological polar surface area (TPSA) is 117 Å². The number of nitro groups is 1. The average Bonchev–Trinajstić information content (AvgIpc) is 3.17. The van der Waals surface area contributed by atoms with Crippen molar-refractivity contribution in [3.63, 3.8) is 0 Å². The molecule has 0 unspecified atom stereocenters. The first-order valence-corrected chi connectivity index (χ1v) is 8.51. The Kier molecular flexibility index (Phi) is 5.39. The Balaban J connectivity index is 1.67. The molecule has 3 rings (SSSR count). The number of amides is 1. The fourth-order valence-corrected chi connectivity index (χ4v) is 2.85. The van der Waals surface area contributed by atoms with E-state index in [1.807, 2.05) is 42.8 Å². The number of nitrogens with one attached hydrogen (secondary N) is 1. The number of carbonyl (C=O) groups excluding carboxylic acids is 1. The molecule has 1 N–H and O–H groups in total. The summed E-state index contributed by atoms with van der Waals surface area (Å²) in [6, 6.07) is 9.44. The molecule has 1 aromatic carbocycles. The molecule has 0 fully saturated rings. The van der Waals surface area contributed by atoms with E-state index in [4.69, 9.17) is 4.74 Å². The maximum atomic E-state index is 12.3. The van der Waals surface area contributed by atoms with Crippen molar-refractivity contribution in [1.82, 2.24) is 19.6 Å². The number of methoxy groups -OCH3 is 1. The van der Waals surface area contributed by atoms with E-state index in [1.54, 1.807) is 6.07 Å². The molecule has 0 spiro atoms. The van der Waals surface area contributed by atoms with E-state index < -0.39 is 4.92 Å². The largest absolute Gasteiger partial charge is 0.475 e. The summed E-state index contributed by atoms with van der Waals surface area (Å²) in [6.07, 6.45) is 1.16. The van der Waals surface area contributed by atoms with Crippen molar-refractivity contribution < 1.29 is 14.5 Å². The van der Waals surface area contributed by atoms with Gasteiger partial charge in [-0.1, -0.05) is 12.1 Å². The van der Waals surface area contributed by atoms with E-state index in [-0.39, 0.29) is 24.0 Å². The van der Waals surface area contributed by atoms with E-state index in [9.17, 15) is 14.9 Å². The summed E-state index contributed by atoms with van der Waals surface area (Å²) in [5, 5.41) is 22.1. The van der Waals surface area contributed by atoms with Crippen molar-refractivity contribution in [2.75, 3.05) is 12.4 Å². The summed E-state index contributed by atoms with van der Waals surface area (Å²) in [5.74, 6) is -0.493. The number of nitrogens with zero attached hydrogens (tertiary/aromatic N) is 5. The minimum Gasteiger partial charge on any atom is -0.475 e. The van der Waals surface area contributed by atoms with E-state index >= 15 is 0 Å². The summed E-state index contributed by atoms with van der Waals surface area (Å²) >= 11 is 0. The normalized spacial score (nSPS) is 10.7. The molecule has 10 nitrogen and oxygen atoms in total. The number of hydrogen-bond acceptors (Lipinski definition) is 6. The van der Waals surface area contributed by atoms with Crippen molar-refractivity contribution in [3.8, 4) is 5.88 Å². The Morgan fingerprint density at radius 2 is 2.07 bits per heavy atom. The fraction of sp³-hybridized carbons (Fsp3) is 0.278. The van der Waals surface area contributed by atoms with Gasteiger partial charge in [-0.25, -0.2) is 0 Å². The minimum atomic E-state index is -0.608. The lowest BCUT2D eigenvalue weighted by Crippen LogP contribution is -2.19. The second-order valence-electron chi connectivity index (χ2n) is 6.31. The van der Waals surface area contributed by atoms with Gasteiger partial charge >= 0.3 is 11.6 Å². The predicted octanol–water partition coefficient (Wildman–Crippen LogP) is 2.30. The van der Waals surface area contributed by atoms with Gasteiger partial charge in [0.15, 0.2) is 0 Å². The third kappa shape index (κ3) is 4.34. The first-order valence-electron chi connectivity index (χ1n) is 8.51. The van der Waals surface area contributed by atoms with Crippen LogP contribution in [0.2, 0.25) is 0 Å². The van der Waals surface area contributed by atoms with Crippen LogP contribution in [0.15, 0.2) is 36.5 Å². The Bertz CT molecular complexity index is 1020. The molecule has 28 heavy (non-hydrogen) atoms. The lowest BCUT2D eigenvalue weighted by Gasteiger charge is -2.09. The lowest BCUT2D eigenvalue weighted by molar-refractivity contribution is -0.385. The van der Waals surface area contributed by atoms with Gasteiger partial charge in [-0.05, 0) is 37.6 Å². The van der Waals surface area contributed by atoms with E-state index in [1.165, 1.54) is 11.8 Å². The van der Waals surface area contributed by atoms with Gasteiger partial charge in [-0.3, -0.25) is 24.3 Å². The molecule has 2 aromatic heterocycles. The zero-order valence-corrected chi connectivity index (χ0v) is 15.7. The van der Waals surface area contributed by atoms with Crippen LogP contribution in [0.5, 0.6) is 5.88 Å². The number of benzene rings is 1. The zero-order chi connectivity index (χ0) is 20.3. The van der Waals surface area contributed by atoms with E-state index in [2.05, 4.69) is 15.5 Å². The van der Waals surface area contributed by atoms with Crippen LogP contribution in [0.25, 0.3) is 0 Å². The Hall–Kier alpha value is -3.69. The average molecular weight is 384 g/mol. The van der Waals surface area contributed by atoms with Gasteiger partial charge in [-0.2, -0.15) is 5.10 Å². The van der Waals surface area contributed by atoms with Crippen molar-refractivity contribution in [2.24, 2.45) is 0 Å². The van der Waals surface area contributed by atoms with Crippen LogP contribution in [0.3, 0.4) is 0 Å². The van der Waals surface area contributed by atoms with Crippen molar-refractivity contribution in [1.29, 1.82) is 0 Å². The number of aromatic nitrogens is 4. The zero-order valence-electron chi connectivity index (χ0n) is 15.7. The highest BCUT2D eigenvalue weighted by Gasteiger charge is 2.21. The summed E-state index contributed by atoms with van der Waals surface area (Å²) in [4.78, 5) is 22.6. The third-order valence-corrected chi connectivity index (χ3v) is 4.05. The van der Waals surface area contributed by atoms with Gasteiger partial charge < -0.3 is 10.1 Å². The van der Waals surface area contributed by atoms with Crippen molar-refractivity contribution in [3.05, 3.63) is 63.6 Å². The highest BCUT2D eigenvalue weighted by Crippen LogP contribution is 2.24. The van der Waals surface area contributed by atoms with Crippen LogP contribution >= 0.6 is 0 Å². The van der Waals surface area contributed by atoms with E-state index in [0.29, 0.717) is 12.2 Å². The summed E-state index contributed by atoms with van der Waals surface area (Å²) in [7, 11) is 1.29. The SMILES string of the molecule is COc1nn(CC(=O)Nc2cccc(Cn3nc(C)cc3C)c2)cc1[N+](=O)[O-]. The molecule has 146 valence electrons. The molecule has 3 aromatic rings. The van der Waals surface area contributed by atoms with Gasteiger partial charge in [0, 0.05) is 11.4 Å². The molecular formula is C18H20N6O4. The minimum absolute atomic E-state index is 0.135. The van der Waals surface area contributed by atoms with Crippen LogP contribution in [0.1, 0.15) is 17.0 Å². The number of hydrogen-bond donors (Lipinski definition) is 1. The second-order valence-corrected chi connectivity index (χ2v) is 6.31. The van der Waals surface area contributed by atoms with Gasteiger partial charge in [0.25, 0.3) is 0 Å². The summed E-state index contributed by atoms with van der Waals surface area (Å²) < 4.78 is 7.92. The van der Waals surface area contributed by atoms with E-state index in [0.717, 1.165) is 23.1 Å². The molecule has 1 amide bonds. The highest BCUT2D eigenvalue weighted by molar-refractivity contribution is 5.90. The maximum absolute atomic E-state index is 12.3. The first-order chi connectivity index (χ1) is 13.4. The maximum Gasteiger partial charge on any atom is 0.350 e. The van der Waals surface area contributed by atoms with Gasteiger partial charge in [-0.15, -0.1) is 5.10 Å². The monoisotopic (exact) mass is 384 g/mol. The molecule has 0 aliphatic carbocycles. The second kappa shape index (κ2) is 7.91. The third-order valence-electron chi connectivity index (χ3n) is 4.05.